The van der Waals surface area contributed by atoms with Gasteiger partial charge in [0.15, 0.2) is 0 Å². The van der Waals surface area contributed by atoms with Crippen molar-refractivity contribution in [3.8, 4) is 17.0 Å². The smallest absolute Gasteiger partial charge is 0.125 e. The molecule has 1 aromatic carbocycles. The topological polar surface area (TPSA) is 42.4 Å². The van der Waals surface area contributed by atoms with Crippen LogP contribution in [-0.4, -0.2) is 17.2 Å². The predicted molar refractivity (Wildman–Crippen MR) is 114 cm³/mol. The predicted octanol–water partition coefficient (Wildman–Crippen LogP) is 6.53. The fraction of sp³-hybridized carbons (Fsp3) is 0.609. The molecule has 0 amide bonds. The molecule has 4 heteroatoms. The van der Waals surface area contributed by atoms with E-state index in [0.29, 0.717) is 5.75 Å². The number of ether oxygens (including phenoxy) is 1. The van der Waals surface area contributed by atoms with Crippen molar-refractivity contribution in [2.24, 2.45) is 0 Å². The van der Waals surface area contributed by atoms with Crippen molar-refractivity contribution in [3.63, 3.8) is 0 Å². The Bertz CT molecular complexity index is 783. The maximum absolute atomic E-state index is 11.0. The van der Waals surface area contributed by atoms with Crippen LogP contribution < -0.4 is 0 Å². The lowest BCUT2D eigenvalue weighted by Crippen LogP contribution is -2.24. The van der Waals surface area contributed by atoms with Crippen molar-refractivity contribution < 1.29 is 9.84 Å². The van der Waals surface area contributed by atoms with Crippen molar-refractivity contribution in [2.75, 3.05) is 7.11 Å². The Morgan fingerprint density at radius 1 is 1.00 bits per heavy atom. The lowest BCUT2D eigenvalue weighted by atomic mass is 9.78. The summed E-state index contributed by atoms with van der Waals surface area (Å²) < 4.78 is 5.92. The van der Waals surface area contributed by atoms with Crippen LogP contribution in [0.3, 0.4) is 0 Å². The molecule has 27 heavy (non-hydrogen) atoms. The van der Waals surface area contributed by atoms with Crippen molar-refractivity contribution in [2.45, 2.75) is 83.7 Å². The average molecular weight is 388 g/mol. The van der Waals surface area contributed by atoms with Crippen LogP contribution in [0.5, 0.6) is 5.75 Å². The number of hydrogen-bond acceptors (Lipinski definition) is 4. The van der Waals surface area contributed by atoms with Crippen molar-refractivity contribution in [1.82, 2.24) is 4.98 Å². The second-order valence-corrected chi connectivity index (χ2v) is 10.7. The van der Waals surface area contributed by atoms with E-state index in [-0.39, 0.29) is 16.4 Å². The van der Waals surface area contributed by atoms with E-state index >= 15 is 0 Å². The first-order valence-electron chi connectivity index (χ1n) is 9.87. The minimum Gasteiger partial charge on any atom is -0.507 e. The number of nitrogens with zero attached hydrogens (tertiary/aromatic N) is 1. The maximum Gasteiger partial charge on any atom is 0.125 e. The second-order valence-electron chi connectivity index (χ2n) is 9.86. The van der Waals surface area contributed by atoms with Crippen LogP contribution in [0, 0.1) is 0 Å². The van der Waals surface area contributed by atoms with E-state index in [9.17, 15) is 5.11 Å². The first kappa shape index (κ1) is 20.3. The van der Waals surface area contributed by atoms with E-state index in [0.717, 1.165) is 40.2 Å². The SMILES string of the molecule is COC1(c2nc(-c3cc(C(C)(C)C)c(O)c(C(C)(C)C)c3)cs2)CCCC1. The van der Waals surface area contributed by atoms with Gasteiger partial charge in [0.2, 0.25) is 0 Å². The summed E-state index contributed by atoms with van der Waals surface area (Å²) in [5.74, 6) is 0.415. The summed E-state index contributed by atoms with van der Waals surface area (Å²) in [6, 6.07) is 4.22. The highest BCUT2D eigenvalue weighted by molar-refractivity contribution is 7.10. The Labute approximate surface area is 167 Å². The molecule has 1 N–H and O–H groups in total. The van der Waals surface area contributed by atoms with Gasteiger partial charge in [0.1, 0.15) is 16.4 Å². The van der Waals surface area contributed by atoms with E-state index in [1.54, 1.807) is 11.3 Å². The van der Waals surface area contributed by atoms with Gasteiger partial charge in [-0.1, -0.05) is 54.4 Å². The van der Waals surface area contributed by atoms with Crippen LogP contribution >= 0.6 is 11.3 Å². The van der Waals surface area contributed by atoms with Gasteiger partial charge in [-0.2, -0.15) is 0 Å². The van der Waals surface area contributed by atoms with Gasteiger partial charge in [-0.15, -0.1) is 11.3 Å². The lowest BCUT2D eigenvalue weighted by Gasteiger charge is -2.28. The zero-order valence-corrected chi connectivity index (χ0v) is 18.6. The number of thiazole rings is 1. The standard InChI is InChI=1S/C23H33NO2S/c1-21(2,3)16-12-15(13-17(19(16)25)22(4,5)6)18-14-27-20(24-18)23(26-7)10-8-9-11-23/h12-14,25H,8-11H2,1-7H3. The highest BCUT2D eigenvalue weighted by atomic mass is 32.1. The normalized spacial score (nSPS) is 17.4. The molecule has 1 aliphatic rings. The zero-order valence-electron chi connectivity index (χ0n) is 17.8. The summed E-state index contributed by atoms with van der Waals surface area (Å²) in [7, 11) is 1.81. The number of benzene rings is 1. The molecule has 1 fully saturated rings. The van der Waals surface area contributed by atoms with Gasteiger partial charge in [0.25, 0.3) is 0 Å². The van der Waals surface area contributed by atoms with Gasteiger partial charge < -0.3 is 9.84 Å². The summed E-state index contributed by atoms with van der Waals surface area (Å²) in [5.41, 5.74) is 3.52. The third kappa shape index (κ3) is 3.79. The lowest BCUT2D eigenvalue weighted by molar-refractivity contribution is -0.00879. The molecule has 0 bridgehead atoms. The quantitative estimate of drug-likeness (QED) is 0.651. The third-order valence-corrected chi connectivity index (χ3v) is 6.75. The molecule has 148 valence electrons. The van der Waals surface area contributed by atoms with Crippen LogP contribution in [0.2, 0.25) is 0 Å². The summed E-state index contributed by atoms with van der Waals surface area (Å²) in [6.45, 7) is 12.9. The monoisotopic (exact) mass is 387 g/mol. The summed E-state index contributed by atoms with van der Waals surface area (Å²) in [5, 5.41) is 14.2. The fourth-order valence-electron chi connectivity index (χ4n) is 3.99. The van der Waals surface area contributed by atoms with Crippen molar-refractivity contribution in [3.05, 3.63) is 33.6 Å². The van der Waals surface area contributed by atoms with E-state index < -0.39 is 0 Å². The van der Waals surface area contributed by atoms with Gasteiger partial charge in [-0.25, -0.2) is 4.98 Å². The molecule has 0 unspecified atom stereocenters. The summed E-state index contributed by atoms with van der Waals surface area (Å²) in [4.78, 5) is 4.99. The van der Waals surface area contributed by atoms with E-state index in [1.165, 1.54) is 12.8 Å². The molecule has 3 nitrogen and oxygen atoms in total. The molecule has 1 saturated carbocycles. The molecular weight excluding hydrogens is 354 g/mol. The number of hydrogen-bond donors (Lipinski definition) is 1. The number of methoxy groups -OCH3 is 1. The highest BCUT2D eigenvalue weighted by Gasteiger charge is 2.38. The first-order chi connectivity index (χ1) is 12.5. The van der Waals surface area contributed by atoms with Crippen LogP contribution in [0.25, 0.3) is 11.3 Å². The Hall–Kier alpha value is -1.39. The number of aromatic nitrogens is 1. The third-order valence-electron chi connectivity index (χ3n) is 5.72. The van der Waals surface area contributed by atoms with Crippen LogP contribution in [-0.2, 0) is 21.2 Å². The van der Waals surface area contributed by atoms with Crippen molar-refractivity contribution >= 4 is 11.3 Å². The molecule has 0 atom stereocenters. The Morgan fingerprint density at radius 3 is 1.96 bits per heavy atom. The maximum atomic E-state index is 11.0. The molecule has 0 spiro atoms. The largest absolute Gasteiger partial charge is 0.507 e. The van der Waals surface area contributed by atoms with Gasteiger partial charge in [-0.3, -0.25) is 0 Å². The molecule has 1 heterocycles. The van der Waals surface area contributed by atoms with Crippen LogP contribution in [0.15, 0.2) is 17.5 Å². The summed E-state index contributed by atoms with van der Waals surface area (Å²) in [6.07, 6.45) is 4.49. The average Bonchev–Trinajstić information content (AvgIpc) is 3.22. The van der Waals surface area contributed by atoms with Crippen LogP contribution in [0.4, 0.5) is 0 Å². The Kier molecular flexibility index (Phi) is 5.19. The number of phenolic OH excluding ortho intramolecular Hbond substituents is 1. The molecule has 3 rings (SSSR count). The first-order valence-corrected chi connectivity index (χ1v) is 10.8. The van der Waals surface area contributed by atoms with Crippen LogP contribution in [0.1, 0.15) is 83.4 Å². The van der Waals surface area contributed by atoms with Crippen molar-refractivity contribution in [1.29, 1.82) is 0 Å². The zero-order chi connectivity index (χ0) is 20.0. The molecule has 1 aromatic heterocycles. The fourth-order valence-corrected chi connectivity index (χ4v) is 5.06. The molecule has 0 saturated heterocycles. The van der Waals surface area contributed by atoms with E-state index in [2.05, 4.69) is 59.1 Å². The van der Waals surface area contributed by atoms with E-state index in [1.807, 2.05) is 7.11 Å². The second kappa shape index (κ2) is 6.89. The molecule has 2 aromatic rings. The Morgan fingerprint density at radius 2 is 1.52 bits per heavy atom. The van der Waals surface area contributed by atoms with Gasteiger partial charge in [-0.05, 0) is 35.8 Å². The molecule has 0 aliphatic heterocycles. The minimum absolute atomic E-state index is 0.141. The molecule has 0 radical (unpaired) electrons. The van der Waals surface area contributed by atoms with E-state index in [4.69, 9.17) is 9.72 Å². The Balaban J connectivity index is 2.12. The van der Waals surface area contributed by atoms with Gasteiger partial charge in [0, 0.05) is 29.2 Å². The molecule has 1 aliphatic carbocycles. The molecular formula is C23H33NO2S. The number of phenols is 1. The number of rotatable bonds is 3. The highest BCUT2D eigenvalue weighted by Crippen LogP contribution is 2.45. The number of aromatic hydroxyl groups is 1. The summed E-state index contributed by atoms with van der Waals surface area (Å²) >= 11 is 1.70. The van der Waals surface area contributed by atoms with Gasteiger partial charge >= 0.3 is 0 Å². The van der Waals surface area contributed by atoms with Gasteiger partial charge in [0.05, 0.1) is 5.69 Å². The minimum atomic E-state index is -0.209.